The molecule has 20 heavy (non-hydrogen) atoms. The van der Waals surface area contributed by atoms with Crippen LogP contribution in [0.4, 0.5) is 4.39 Å². The van der Waals surface area contributed by atoms with Crippen LogP contribution in [0.1, 0.15) is 17.5 Å². The van der Waals surface area contributed by atoms with Crippen molar-refractivity contribution in [3.8, 4) is 0 Å². The van der Waals surface area contributed by atoms with Crippen molar-refractivity contribution in [3.05, 3.63) is 35.1 Å². The van der Waals surface area contributed by atoms with Gasteiger partial charge in [-0.25, -0.2) is 4.39 Å². The van der Waals surface area contributed by atoms with Crippen LogP contribution in [0.5, 0.6) is 0 Å². The molecule has 5 heteroatoms. The molecule has 2 rings (SSSR count). The van der Waals surface area contributed by atoms with Gasteiger partial charge in [0, 0.05) is 26.2 Å². The molecule has 0 bridgehead atoms. The predicted octanol–water partition coefficient (Wildman–Crippen LogP) is 1.73. The standard InChI is InChI=1S/C15H21FN2O2/c1-12-3-4-13(9-14(12)16)10-17-5-2-6-18(8-7-17)11-15(19)20/h3-4,9H,2,5-8,10-11H2,1H3,(H,19,20). The predicted molar refractivity (Wildman–Crippen MR) is 75.1 cm³/mol. The van der Waals surface area contributed by atoms with Crippen molar-refractivity contribution >= 4 is 5.97 Å². The van der Waals surface area contributed by atoms with Crippen molar-refractivity contribution in [1.82, 2.24) is 9.80 Å². The van der Waals surface area contributed by atoms with Crippen molar-refractivity contribution in [2.75, 3.05) is 32.7 Å². The number of carbonyl (C=O) groups is 1. The van der Waals surface area contributed by atoms with E-state index in [0.29, 0.717) is 5.56 Å². The number of hydrogen-bond acceptors (Lipinski definition) is 3. The van der Waals surface area contributed by atoms with Crippen LogP contribution in [0.25, 0.3) is 0 Å². The fraction of sp³-hybridized carbons (Fsp3) is 0.533. The largest absolute Gasteiger partial charge is 0.480 e. The minimum Gasteiger partial charge on any atom is -0.480 e. The van der Waals surface area contributed by atoms with Gasteiger partial charge in [-0.1, -0.05) is 12.1 Å². The van der Waals surface area contributed by atoms with Gasteiger partial charge in [0.05, 0.1) is 6.54 Å². The van der Waals surface area contributed by atoms with E-state index in [4.69, 9.17) is 5.11 Å². The second-order valence-electron chi connectivity index (χ2n) is 5.38. The topological polar surface area (TPSA) is 43.8 Å². The molecule has 1 fully saturated rings. The van der Waals surface area contributed by atoms with E-state index < -0.39 is 5.97 Å². The number of nitrogens with zero attached hydrogens (tertiary/aromatic N) is 2. The summed E-state index contributed by atoms with van der Waals surface area (Å²) in [6, 6.07) is 5.35. The summed E-state index contributed by atoms with van der Waals surface area (Å²) in [5, 5.41) is 8.82. The quantitative estimate of drug-likeness (QED) is 0.912. The third-order valence-corrected chi connectivity index (χ3v) is 3.68. The zero-order chi connectivity index (χ0) is 14.5. The summed E-state index contributed by atoms with van der Waals surface area (Å²) in [7, 11) is 0. The lowest BCUT2D eigenvalue weighted by molar-refractivity contribution is -0.138. The third-order valence-electron chi connectivity index (χ3n) is 3.68. The van der Waals surface area contributed by atoms with Crippen LogP contribution in [0, 0.1) is 12.7 Å². The average molecular weight is 280 g/mol. The van der Waals surface area contributed by atoms with E-state index in [9.17, 15) is 9.18 Å². The first-order valence-corrected chi connectivity index (χ1v) is 6.96. The summed E-state index contributed by atoms with van der Waals surface area (Å²) in [6.07, 6.45) is 0.946. The van der Waals surface area contributed by atoms with Gasteiger partial charge >= 0.3 is 5.97 Å². The number of halogens is 1. The molecule has 0 saturated carbocycles. The second kappa shape index (κ2) is 6.81. The molecule has 1 aliphatic rings. The van der Waals surface area contributed by atoms with Gasteiger partial charge in [0.25, 0.3) is 0 Å². The van der Waals surface area contributed by atoms with Gasteiger partial charge < -0.3 is 5.11 Å². The Balaban J connectivity index is 1.90. The van der Waals surface area contributed by atoms with E-state index in [1.165, 1.54) is 0 Å². The van der Waals surface area contributed by atoms with Gasteiger partial charge in [-0.3, -0.25) is 14.6 Å². The highest BCUT2D eigenvalue weighted by atomic mass is 19.1. The fourth-order valence-electron chi connectivity index (χ4n) is 2.52. The van der Waals surface area contributed by atoms with Crippen LogP contribution in [-0.4, -0.2) is 53.6 Å². The number of rotatable bonds is 4. The Kier molecular flexibility index (Phi) is 5.09. The van der Waals surface area contributed by atoms with E-state index in [1.807, 2.05) is 11.0 Å². The molecule has 1 saturated heterocycles. The monoisotopic (exact) mass is 280 g/mol. The molecule has 1 aromatic carbocycles. The Morgan fingerprint density at radius 2 is 1.95 bits per heavy atom. The maximum atomic E-state index is 13.5. The van der Waals surface area contributed by atoms with Crippen molar-refractivity contribution in [1.29, 1.82) is 0 Å². The van der Waals surface area contributed by atoms with E-state index in [2.05, 4.69) is 4.90 Å². The normalized spacial score (nSPS) is 17.9. The highest BCUT2D eigenvalue weighted by Gasteiger charge is 2.16. The average Bonchev–Trinajstić information content (AvgIpc) is 2.59. The number of hydrogen-bond donors (Lipinski definition) is 1. The molecule has 0 amide bonds. The highest BCUT2D eigenvalue weighted by Crippen LogP contribution is 2.13. The molecule has 0 spiro atoms. The first-order chi connectivity index (χ1) is 9.54. The SMILES string of the molecule is Cc1ccc(CN2CCCN(CC(=O)O)CC2)cc1F. The van der Waals surface area contributed by atoms with Crippen molar-refractivity contribution in [2.45, 2.75) is 19.9 Å². The van der Waals surface area contributed by atoms with E-state index in [1.54, 1.807) is 19.1 Å². The number of aliphatic carboxylic acids is 1. The molecule has 1 heterocycles. The molecule has 0 atom stereocenters. The molecule has 0 unspecified atom stereocenters. The lowest BCUT2D eigenvalue weighted by Crippen LogP contribution is -2.34. The van der Waals surface area contributed by atoms with Crippen LogP contribution in [0.3, 0.4) is 0 Å². The summed E-state index contributed by atoms with van der Waals surface area (Å²) in [5.41, 5.74) is 1.64. The van der Waals surface area contributed by atoms with Gasteiger partial charge in [-0.15, -0.1) is 0 Å². The van der Waals surface area contributed by atoms with Crippen LogP contribution < -0.4 is 0 Å². The summed E-state index contributed by atoms with van der Waals surface area (Å²) >= 11 is 0. The Morgan fingerprint density at radius 1 is 1.25 bits per heavy atom. The lowest BCUT2D eigenvalue weighted by atomic mass is 10.1. The van der Waals surface area contributed by atoms with Crippen molar-refractivity contribution in [3.63, 3.8) is 0 Å². The van der Waals surface area contributed by atoms with Crippen LogP contribution in [-0.2, 0) is 11.3 Å². The summed E-state index contributed by atoms with van der Waals surface area (Å²) < 4.78 is 13.5. The first kappa shape index (κ1) is 14.9. The Morgan fingerprint density at radius 3 is 2.65 bits per heavy atom. The molecule has 1 aromatic rings. The van der Waals surface area contributed by atoms with Crippen LogP contribution >= 0.6 is 0 Å². The molecule has 110 valence electrons. The van der Waals surface area contributed by atoms with Gasteiger partial charge in [0.2, 0.25) is 0 Å². The lowest BCUT2D eigenvalue weighted by Gasteiger charge is -2.21. The van der Waals surface area contributed by atoms with Crippen molar-refractivity contribution in [2.24, 2.45) is 0 Å². The van der Waals surface area contributed by atoms with Gasteiger partial charge in [-0.05, 0) is 37.1 Å². The zero-order valence-electron chi connectivity index (χ0n) is 11.8. The number of aryl methyl sites for hydroxylation is 1. The van der Waals surface area contributed by atoms with E-state index in [0.717, 1.165) is 44.7 Å². The highest BCUT2D eigenvalue weighted by molar-refractivity contribution is 5.69. The Hall–Kier alpha value is -1.46. The number of carboxylic acid groups (broad SMARTS) is 1. The van der Waals surface area contributed by atoms with Gasteiger partial charge in [-0.2, -0.15) is 0 Å². The molecular formula is C15H21FN2O2. The smallest absolute Gasteiger partial charge is 0.317 e. The number of benzene rings is 1. The number of carboxylic acids is 1. The molecule has 1 aliphatic heterocycles. The molecule has 1 N–H and O–H groups in total. The Bertz CT molecular complexity index is 479. The van der Waals surface area contributed by atoms with Crippen molar-refractivity contribution < 1.29 is 14.3 Å². The molecular weight excluding hydrogens is 259 g/mol. The molecule has 4 nitrogen and oxygen atoms in total. The Labute approximate surface area is 118 Å². The van der Waals surface area contributed by atoms with Gasteiger partial charge in [0.15, 0.2) is 0 Å². The first-order valence-electron chi connectivity index (χ1n) is 6.96. The van der Waals surface area contributed by atoms with E-state index >= 15 is 0 Å². The van der Waals surface area contributed by atoms with E-state index in [-0.39, 0.29) is 12.4 Å². The maximum Gasteiger partial charge on any atom is 0.317 e. The van der Waals surface area contributed by atoms with Crippen LogP contribution in [0.2, 0.25) is 0 Å². The molecule has 0 aromatic heterocycles. The zero-order valence-corrected chi connectivity index (χ0v) is 11.8. The third kappa shape index (κ3) is 4.28. The fourth-order valence-corrected chi connectivity index (χ4v) is 2.52. The second-order valence-corrected chi connectivity index (χ2v) is 5.38. The van der Waals surface area contributed by atoms with Gasteiger partial charge in [0.1, 0.15) is 5.82 Å². The molecule has 0 aliphatic carbocycles. The summed E-state index contributed by atoms with van der Waals surface area (Å²) in [5.74, 6) is -0.941. The summed E-state index contributed by atoms with van der Waals surface area (Å²) in [6.45, 7) is 5.89. The summed E-state index contributed by atoms with van der Waals surface area (Å²) in [4.78, 5) is 14.9. The minimum atomic E-state index is -0.779. The maximum absolute atomic E-state index is 13.5. The molecule has 0 radical (unpaired) electrons. The minimum absolute atomic E-state index is 0.104. The van der Waals surface area contributed by atoms with Crippen LogP contribution in [0.15, 0.2) is 18.2 Å².